The summed E-state index contributed by atoms with van der Waals surface area (Å²) >= 11 is 3.83. The molecule has 0 radical (unpaired) electrons. The molecule has 6 aliphatic rings. The Labute approximate surface area is 485 Å². The molecule has 0 aromatic heterocycles. The van der Waals surface area contributed by atoms with Crippen molar-refractivity contribution in [2.24, 2.45) is 0 Å². The minimum Gasteiger partial charge on any atom is -0.399 e. The molecular formula is C69H70B2BrLiO5. The zero-order chi connectivity index (χ0) is 54.3. The number of hydrogen-bond donors (Lipinski definition) is 0. The van der Waals surface area contributed by atoms with Crippen molar-refractivity contribution in [2.75, 3.05) is 0 Å². The standard InChI is InChI=1S/C31H27BO2.C25H15Br.C9H19BO3.C4H9.Li/c1-29(2)30(3,4)34-32(33-29)27-19-11-18-26-28(27)22-14-7-10-17-25(22)31(26)23-15-8-5-12-20(23)21-13-6-9-16-24(21)31;26-23-15-7-14-22-24(23)18-10-3-6-13-21(18)25(22)19-11-4-1-8-16(19)17-9-2-5-12-20(17)25;1-7(2)11-10-12-8(3,4)9(5,6)13-10;1-3-4-2;/h5-19H,1-4H3;1-15H;7H,1-6H3;1,3-4H2,2H3;/q;;;-1;+1. The molecule has 0 amide bonds. The third kappa shape index (κ3) is 8.63. The Morgan fingerprint density at radius 2 is 0.718 bits per heavy atom. The van der Waals surface area contributed by atoms with Crippen LogP contribution in [-0.2, 0) is 34.1 Å². The third-order valence-electron chi connectivity index (χ3n) is 17.5. The molecule has 0 unspecified atom stereocenters. The van der Waals surface area contributed by atoms with E-state index in [1.165, 1.54) is 99.9 Å². The summed E-state index contributed by atoms with van der Waals surface area (Å²) in [6, 6.07) is 66.7. The van der Waals surface area contributed by atoms with Gasteiger partial charge in [-0.1, -0.05) is 205 Å². The molecule has 8 aromatic rings. The van der Waals surface area contributed by atoms with Gasteiger partial charge in [0.15, 0.2) is 0 Å². The minimum absolute atomic E-state index is 0. The van der Waals surface area contributed by atoms with E-state index >= 15 is 0 Å². The van der Waals surface area contributed by atoms with Crippen molar-refractivity contribution in [3.8, 4) is 44.5 Å². The molecule has 0 bridgehead atoms. The number of rotatable bonds is 4. The molecule has 2 fully saturated rings. The van der Waals surface area contributed by atoms with Gasteiger partial charge in [0.1, 0.15) is 0 Å². The molecule has 2 heterocycles. The van der Waals surface area contributed by atoms with Gasteiger partial charge >= 0.3 is 33.3 Å². The van der Waals surface area contributed by atoms with E-state index in [2.05, 4.69) is 239 Å². The molecule has 9 heteroatoms. The number of fused-ring (bicyclic) bond motifs is 20. The number of hydrogen-bond acceptors (Lipinski definition) is 5. The van der Waals surface area contributed by atoms with E-state index in [1.54, 1.807) is 0 Å². The summed E-state index contributed by atoms with van der Waals surface area (Å²) in [4.78, 5) is 0. The van der Waals surface area contributed by atoms with Crippen molar-refractivity contribution in [3.63, 3.8) is 0 Å². The van der Waals surface area contributed by atoms with Crippen LogP contribution in [0.4, 0.5) is 0 Å². The van der Waals surface area contributed by atoms with Gasteiger partial charge in [-0.3, -0.25) is 0 Å². The number of benzene rings is 8. The Kier molecular flexibility index (Phi) is 15.1. The van der Waals surface area contributed by atoms with E-state index in [9.17, 15) is 0 Å². The predicted molar refractivity (Wildman–Crippen MR) is 321 cm³/mol. The van der Waals surface area contributed by atoms with Crippen LogP contribution in [0.2, 0.25) is 0 Å². The third-order valence-corrected chi connectivity index (χ3v) is 18.2. The van der Waals surface area contributed by atoms with Crippen molar-refractivity contribution >= 4 is 35.8 Å². The van der Waals surface area contributed by atoms with Gasteiger partial charge in [-0.25, -0.2) is 0 Å². The van der Waals surface area contributed by atoms with Crippen LogP contribution < -0.4 is 24.3 Å². The fourth-order valence-electron chi connectivity index (χ4n) is 12.5. The molecule has 78 heavy (non-hydrogen) atoms. The molecule has 4 aliphatic carbocycles. The van der Waals surface area contributed by atoms with E-state index in [0.29, 0.717) is 0 Å². The second-order valence-corrected chi connectivity index (χ2v) is 24.2. The van der Waals surface area contributed by atoms with E-state index in [0.717, 1.165) is 11.9 Å². The quantitative estimate of drug-likeness (QED) is 0.130. The zero-order valence-corrected chi connectivity index (χ0v) is 49.2. The fraction of sp³-hybridized carbons (Fsp3) is 0.290. The molecule has 0 saturated carbocycles. The average molecular weight is 1090 g/mol. The first kappa shape index (κ1) is 56.1. The zero-order valence-electron chi connectivity index (χ0n) is 47.6. The van der Waals surface area contributed by atoms with E-state index in [4.69, 9.17) is 23.3 Å². The van der Waals surface area contributed by atoms with Crippen LogP contribution in [0.3, 0.4) is 0 Å². The molecule has 2 aliphatic heterocycles. The van der Waals surface area contributed by atoms with E-state index < -0.39 is 14.4 Å². The molecule has 14 rings (SSSR count). The number of halogens is 1. The molecule has 2 saturated heterocycles. The van der Waals surface area contributed by atoms with Crippen molar-refractivity contribution in [1.29, 1.82) is 0 Å². The van der Waals surface area contributed by atoms with Gasteiger partial charge in [-0.15, -0.1) is 0 Å². The van der Waals surface area contributed by atoms with Crippen molar-refractivity contribution in [3.05, 3.63) is 238 Å². The summed E-state index contributed by atoms with van der Waals surface area (Å²) in [6.07, 6.45) is 2.40. The fourth-order valence-corrected chi connectivity index (χ4v) is 13.1. The van der Waals surface area contributed by atoms with E-state index in [-0.39, 0.29) is 58.2 Å². The Bertz CT molecular complexity index is 3420. The molecule has 390 valence electrons. The van der Waals surface area contributed by atoms with Gasteiger partial charge < -0.3 is 30.2 Å². The maximum absolute atomic E-state index is 6.56. The van der Waals surface area contributed by atoms with Crippen molar-refractivity contribution in [2.45, 2.75) is 128 Å². The Balaban J connectivity index is 0.000000138. The van der Waals surface area contributed by atoms with Gasteiger partial charge in [0, 0.05) is 16.1 Å². The van der Waals surface area contributed by atoms with Gasteiger partial charge in [-0.2, -0.15) is 6.42 Å². The number of unbranched alkanes of at least 4 members (excludes halogenated alkanes) is 1. The first-order valence-electron chi connectivity index (χ1n) is 27.5. The van der Waals surface area contributed by atoms with Crippen LogP contribution in [0.1, 0.15) is 134 Å². The van der Waals surface area contributed by atoms with Gasteiger partial charge in [-0.05, 0) is 164 Å². The van der Waals surface area contributed by atoms with Crippen LogP contribution in [0, 0.1) is 6.92 Å². The molecular weight excluding hydrogens is 1020 g/mol. The molecule has 8 aromatic carbocycles. The van der Waals surface area contributed by atoms with Crippen LogP contribution in [-0.4, -0.2) is 42.9 Å². The summed E-state index contributed by atoms with van der Waals surface area (Å²) in [5, 5.41) is 0. The van der Waals surface area contributed by atoms with Crippen molar-refractivity contribution < 1.29 is 42.1 Å². The van der Waals surface area contributed by atoms with Crippen LogP contribution in [0.5, 0.6) is 0 Å². The predicted octanol–water partition coefficient (Wildman–Crippen LogP) is 13.7. The second-order valence-electron chi connectivity index (χ2n) is 23.4. The summed E-state index contributed by atoms with van der Waals surface area (Å²) in [5.74, 6) is 0. The summed E-state index contributed by atoms with van der Waals surface area (Å²) in [7, 11) is -0.931. The van der Waals surface area contributed by atoms with Gasteiger partial charge in [0.2, 0.25) is 0 Å². The van der Waals surface area contributed by atoms with Crippen LogP contribution in [0.25, 0.3) is 44.5 Å². The topological polar surface area (TPSA) is 46.2 Å². The van der Waals surface area contributed by atoms with E-state index in [1.807, 2.05) is 41.5 Å². The maximum atomic E-state index is 6.56. The summed E-state index contributed by atoms with van der Waals surface area (Å²) in [5.41, 5.74) is 20.6. The van der Waals surface area contributed by atoms with Crippen molar-refractivity contribution in [1.82, 2.24) is 0 Å². The van der Waals surface area contributed by atoms with Crippen LogP contribution in [0.15, 0.2) is 186 Å². The molecule has 5 nitrogen and oxygen atoms in total. The normalized spacial score (nSPS) is 18.1. The smallest absolute Gasteiger partial charge is 0.399 e. The molecule has 0 N–H and O–H groups in total. The van der Waals surface area contributed by atoms with Gasteiger partial charge in [0.25, 0.3) is 0 Å². The molecule has 0 atom stereocenters. The minimum atomic E-state index is -0.523. The average Bonchev–Trinajstić information content (AvgIpc) is 3.13. The first-order valence-corrected chi connectivity index (χ1v) is 28.3. The first-order chi connectivity index (χ1) is 36.9. The summed E-state index contributed by atoms with van der Waals surface area (Å²) in [6.45, 7) is 26.2. The maximum Gasteiger partial charge on any atom is 1.00 e. The molecule has 2 spiro atoms. The van der Waals surface area contributed by atoms with Gasteiger partial charge in [0.05, 0.1) is 33.2 Å². The SMILES string of the molecule is Brc1cccc2c1-c1ccccc1C21c2ccccc2-c2ccccc21.CC(C)OB1OC(C)(C)C(C)(C)O1.CC1(C)OB(c2cccc3c2-c2ccccc2C32c3ccccc3-c3ccccc32)OC1(C)C.[CH2-]CCC.[Li+]. The largest absolute Gasteiger partial charge is 1.00 e. The Hall–Kier alpha value is -5.23. The summed E-state index contributed by atoms with van der Waals surface area (Å²) < 4.78 is 31.0. The Morgan fingerprint density at radius 1 is 0.423 bits per heavy atom. The monoisotopic (exact) mass is 1090 g/mol. The Morgan fingerprint density at radius 3 is 1.09 bits per heavy atom. The second kappa shape index (κ2) is 21.0. The van der Waals surface area contributed by atoms with Crippen LogP contribution >= 0.6 is 15.9 Å².